The van der Waals surface area contributed by atoms with Crippen LogP contribution in [-0.2, 0) is 6.42 Å². The monoisotopic (exact) mass is 250 g/mol. The Morgan fingerprint density at radius 2 is 1.74 bits per heavy atom. The maximum Gasteiger partial charge on any atom is 0.186 e. The first-order chi connectivity index (χ1) is 9.20. The molecule has 0 heterocycles. The summed E-state index contributed by atoms with van der Waals surface area (Å²) in [6, 6.07) is 15.9. The lowest BCUT2D eigenvalue weighted by atomic mass is 10.0. The summed E-state index contributed by atoms with van der Waals surface area (Å²) in [6.07, 6.45) is 4.55. The van der Waals surface area contributed by atoms with Crippen LogP contribution in [0.4, 0.5) is 0 Å². The molecule has 0 aliphatic rings. The van der Waals surface area contributed by atoms with E-state index < -0.39 is 0 Å². The molecule has 0 unspecified atom stereocenters. The van der Waals surface area contributed by atoms with Gasteiger partial charge in [0.25, 0.3) is 0 Å². The van der Waals surface area contributed by atoms with Crippen LogP contribution in [0, 0.1) is 6.92 Å². The summed E-state index contributed by atoms with van der Waals surface area (Å²) in [5.41, 5.74) is 4.14. The van der Waals surface area contributed by atoms with Crippen molar-refractivity contribution in [3.8, 4) is 0 Å². The Bertz CT molecular complexity index is 591. The fourth-order valence-corrected chi connectivity index (χ4v) is 1.98. The molecule has 19 heavy (non-hydrogen) atoms. The lowest BCUT2D eigenvalue weighted by Gasteiger charge is -2.00. The summed E-state index contributed by atoms with van der Waals surface area (Å²) < 4.78 is 0. The maximum atomic E-state index is 12.1. The Labute approximate surface area is 114 Å². The third-order valence-corrected chi connectivity index (χ3v) is 3.23. The molecule has 0 amide bonds. The number of carbonyl (C=O) groups excluding carboxylic acids is 1. The molecule has 2 aromatic carbocycles. The van der Waals surface area contributed by atoms with Gasteiger partial charge in [-0.3, -0.25) is 4.79 Å². The van der Waals surface area contributed by atoms with Gasteiger partial charge in [0.05, 0.1) is 0 Å². The van der Waals surface area contributed by atoms with E-state index in [1.54, 1.807) is 6.08 Å². The zero-order valence-corrected chi connectivity index (χ0v) is 11.4. The summed E-state index contributed by atoms with van der Waals surface area (Å²) >= 11 is 0. The zero-order valence-electron chi connectivity index (χ0n) is 11.4. The van der Waals surface area contributed by atoms with Gasteiger partial charge < -0.3 is 0 Å². The smallest absolute Gasteiger partial charge is 0.186 e. The molecular weight excluding hydrogens is 232 g/mol. The van der Waals surface area contributed by atoms with Crippen LogP contribution >= 0.6 is 0 Å². The van der Waals surface area contributed by atoms with Crippen molar-refractivity contribution in [2.24, 2.45) is 0 Å². The number of hydrogen-bond donors (Lipinski definition) is 0. The number of allylic oxidation sites excluding steroid dienone is 1. The Hall–Kier alpha value is -2.15. The highest BCUT2D eigenvalue weighted by molar-refractivity contribution is 6.07. The molecule has 0 radical (unpaired) electrons. The molecule has 0 saturated heterocycles. The van der Waals surface area contributed by atoms with Crippen molar-refractivity contribution in [3.05, 3.63) is 76.9 Å². The second kappa shape index (κ2) is 6.14. The predicted molar refractivity (Wildman–Crippen MR) is 80.4 cm³/mol. The average Bonchev–Trinajstić information content (AvgIpc) is 2.46. The quantitative estimate of drug-likeness (QED) is 0.578. The summed E-state index contributed by atoms with van der Waals surface area (Å²) in [5, 5.41) is 0. The number of rotatable bonds is 4. The standard InChI is InChI=1S/C18H18O/c1-3-15-8-10-16(11-9-15)12-13-18(19)17-7-5-4-6-14(17)2/h4-13H,3H2,1-2H3/b13-12+. The van der Waals surface area contributed by atoms with E-state index in [2.05, 4.69) is 19.1 Å². The highest BCUT2D eigenvalue weighted by atomic mass is 16.1. The van der Waals surface area contributed by atoms with Gasteiger partial charge in [-0.05, 0) is 36.1 Å². The first-order valence-corrected chi connectivity index (χ1v) is 6.57. The van der Waals surface area contributed by atoms with Gasteiger partial charge in [0.2, 0.25) is 0 Å². The van der Waals surface area contributed by atoms with Crippen LogP contribution in [0.3, 0.4) is 0 Å². The van der Waals surface area contributed by atoms with Gasteiger partial charge >= 0.3 is 0 Å². The molecule has 1 nitrogen and oxygen atoms in total. The molecule has 2 aromatic rings. The van der Waals surface area contributed by atoms with Gasteiger partial charge in [-0.1, -0.05) is 61.5 Å². The third kappa shape index (κ3) is 3.41. The lowest BCUT2D eigenvalue weighted by Crippen LogP contribution is -1.96. The Morgan fingerprint density at radius 3 is 2.37 bits per heavy atom. The Kier molecular flexibility index (Phi) is 4.30. The normalized spacial score (nSPS) is 10.8. The molecule has 0 N–H and O–H groups in total. The minimum atomic E-state index is 0.0534. The van der Waals surface area contributed by atoms with Crippen molar-refractivity contribution >= 4 is 11.9 Å². The second-order valence-corrected chi connectivity index (χ2v) is 4.61. The van der Waals surface area contributed by atoms with Crippen LogP contribution in [0.2, 0.25) is 0 Å². The van der Waals surface area contributed by atoms with Crippen LogP contribution in [0.5, 0.6) is 0 Å². The first kappa shape index (κ1) is 13.3. The summed E-state index contributed by atoms with van der Waals surface area (Å²) in [6.45, 7) is 4.09. The fraction of sp³-hybridized carbons (Fsp3) is 0.167. The highest BCUT2D eigenvalue weighted by Gasteiger charge is 2.03. The molecule has 1 heteroatoms. The maximum absolute atomic E-state index is 12.1. The van der Waals surface area contributed by atoms with E-state index in [4.69, 9.17) is 0 Å². The molecule has 96 valence electrons. The van der Waals surface area contributed by atoms with Crippen molar-refractivity contribution in [3.63, 3.8) is 0 Å². The number of carbonyl (C=O) groups is 1. The molecule has 0 atom stereocenters. The number of benzene rings is 2. The van der Waals surface area contributed by atoms with Crippen molar-refractivity contribution in [1.82, 2.24) is 0 Å². The molecule has 0 aliphatic carbocycles. The lowest BCUT2D eigenvalue weighted by molar-refractivity contribution is 0.104. The number of ketones is 1. The highest BCUT2D eigenvalue weighted by Crippen LogP contribution is 2.11. The Balaban J connectivity index is 2.14. The number of hydrogen-bond acceptors (Lipinski definition) is 1. The third-order valence-electron chi connectivity index (χ3n) is 3.23. The van der Waals surface area contributed by atoms with Crippen LogP contribution in [0.25, 0.3) is 6.08 Å². The minimum absolute atomic E-state index is 0.0534. The topological polar surface area (TPSA) is 17.1 Å². The van der Waals surface area contributed by atoms with Crippen LogP contribution in [0.1, 0.15) is 34.0 Å². The molecule has 0 aliphatic heterocycles. The molecule has 0 aromatic heterocycles. The second-order valence-electron chi connectivity index (χ2n) is 4.61. The van der Waals surface area contributed by atoms with E-state index in [9.17, 15) is 4.79 Å². The fourth-order valence-electron chi connectivity index (χ4n) is 1.98. The molecule has 0 bridgehead atoms. The largest absolute Gasteiger partial charge is 0.289 e. The number of aryl methyl sites for hydroxylation is 2. The van der Waals surface area contributed by atoms with Gasteiger partial charge in [0.1, 0.15) is 0 Å². The van der Waals surface area contributed by atoms with E-state index >= 15 is 0 Å². The molecular formula is C18H18O. The predicted octanol–water partition coefficient (Wildman–Crippen LogP) is 4.45. The van der Waals surface area contributed by atoms with Gasteiger partial charge in [-0.25, -0.2) is 0 Å². The SMILES string of the molecule is CCc1ccc(/C=C/C(=O)c2ccccc2C)cc1. The average molecular weight is 250 g/mol. The van der Waals surface area contributed by atoms with Crippen LogP contribution < -0.4 is 0 Å². The van der Waals surface area contributed by atoms with Crippen molar-refractivity contribution in [1.29, 1.82) is 0 Å². The van der Waals surface area contributed by atoms with Gasteiger partial charge in [0.15, 0.2) is 5.78 Å². The van der Waals surface area contributed by atoms with E-state index in [0.29, 0.717) is 0 Å². The molecule has 0 fully saturated rings. The molecule has 0 spiro atoms. The van der Waals surface area contributed by atoms with Crippen molar-refractivity contribution in [2.45, 2.75) is 20.3 Å². The first-order valence-electron chi connectivity index (χ1n) is 6.57. The van der Waals surface area contributed by atoms with Gasteiger partial charge in [-0.2, -0.15) is 0 Å². The van der Waals surface area contributed by atoms with E-state index in [0.717, 1.165) is 23.1 Å². The van der Waals surface area contributed by atoms with E-state index in [1.807, 2.05) is 49.4 Å². The van der Waals surface area contributed by atoms with Gasteiger partial charge in [-0.15, -0.1) is 0 Å². The van der Waals surface area contributed by atoms with Crippen molar-refractivity contribution < 1.29 is 4.79 Å². The zero-order chi connectivity index (χ0) is 13.7. The molecule has 2 rings (SSSR count). The van der Waals surface area contributed by atoms with Crippen molar-refractivity contribution in [2.75, 3.05) is 0 Å². The minimum Gasteiger partial charge on any atom is -0.289 e. The van der Waals surface area contributed by atoms with Crippen LogP contribution in [0.15, 0.2) is 54.6 Å². The summed E-state index contributed by atoms with van der Waals surface area (Å²) in [4.78, 5) is 12.1. The summed E-state index contributed by atoms with van der Waals surface area (Å²) in [7, 11) is 0. The van der Waals surface area contributed by atoms with E-state index in [-0.39, 0.29) is 5.78 Å². The van der Waals surface area contributed by atoms with E-state index in [1.165, 1.54) is 5.56 Å². The summed E-state index contributed by atoms with van der Waals surface area (Å²) in [5.74, 6) is 0.0534. The van der Waals surface area contributed by atoms with Gasteiger partial charge in [0, 0.05) is 5.56 Å². The van der Waals surface area contributed by atoms with Crippen LogP contribution in [-0.4, -0.2) is 5.78 Å². The Morgan fingerprint density at radius 1 is 1.05 bits per heavy atom. The molecule has 0 saturated carbocycles.